The van der Waals surface area contributed by atoms with Crippen molar-refractivity contribution in [1.29, 1.82) is 0 Å². The lowest BCUT2D eigenvalue weighted by Gasteiger charge is -2.19. The molecule has 2 N–H and O–H groups in total. The smallest absolute Gasteiger partial charge is 0.437 e. The second kappa shape index (κ2) is 3.92. The molecule has 0 atom stereocenters. The molecule has 1 rings (SSSR count). The number of carbonyl (C=O) groups excluding carboxylic acids is 1. The quantitative estimate of drug-likeness (QED) is 0.769. The predicted molar refractivity (Wildman–Crippen MR) is 57.6 cm³/mol. The van der Waals surface area contributed by atoms with Gasteiger partial charge < -0.3 is 10.5 Å². The van der Waals surface area contributed by atoms with Crippen LogP contribution in [0.2, 0.25) is 0 Å². The highest BCUT2D eigenvalue weighted by Gasteiger charge is 2.20. The number of anilines is 1. The molecule has 0 spiro atoms. The summed E-state index contributed by atoms with van der Waals surface area (Å²) in [6, 6.07) is 1.67. The molecule has 0 aliphatic rings. The van der Waals surface area contributed by atoms with Crippen LogP contribution >= 0.6 is 0 Å². The van der Waals surface area contributed by atoms with E-state index in [1.54, 1.807) is 26.8 Å². The zero-order chi connectivity index (χ0) is 11.6. The van der Waals surface area contributed by atoms with Gasteiger partial charge in [-0.25, -0.2) is 4.79 Å². The van der Waals surface area contributed by atoms with Gasteiger partial charge in [-0.2, -0.15) is 5.10 Å². The first-order valence-electron chi connectivity index (χ1n) is 4.91. The summed E-state index contributed by atoms with van der Waals surface area (Å²) in [6.07, 6.45) is 0.194. The van der Waals surface area contributed by atoms with Crippen molar-refractivity contribution in [3.05, 3.63) is 11.8 Å². The number of hydrogen-bond donors (Lipinski definition) is 1. The first kappa shape index (κ1) is 11.6. The molecule has 0 bridgehead atoms. The van der Waals surface area contributed by atoms with Crippen molar-refractivity contribution in [3.8, 4) is 0 Å². The molecule has 5 heteroatoms. The molecule has 5 nitrogen and oxygen atoms in total. The second-order valence-electron chi connectivity index (χ2n) is 4.31. The van der Waals surface area contributed by atoms with Gasteiger partial charge in [0.25, 0.3) is 0 Å². The van der Waals surface area contributed by atoms with Crippen molar-refractivity contribution in [1.82, 2.24) is 9.78 Å². The topological polar surface area (TPSA) is 70.1 Å². The third kappa shape index (κ3) is 2.97. The Balaban J connectivity index is 2.87. The molecule has 15 heavy (non-hydrogen) atoms. The molecule has 0 unspecified atom stereocenters. The number of nitrogens with zero attached hydrogens (tertiary/aromatic N) is 2. The van der Waals surface area contributed by atoms with E-state index in [0.29, 0.717) is 5.82 Å². The van der Waals surface area contributed by atoms with Gasteiger partial charge in [-0.3, -0.25) is 0 Å². The minimum atomic E-state index is -0.542. The van der Waals surface area contributed by atoms with E-state index in [0.717, 1.165) is 16.8 Å². The van der Waals surface area contributed by atoms with Gasteiger partial charge in [0.1, 0.15) is 11.4 Å². The summed E-state index contributed by atoms with van der Waals surface area (Å²) in [5, 5.41) is 4.03. The number of carbonyl (C=O) groups is 1. The molecule has 1 aromatic heterocycles. The van der Waals surface area contributed by atoms with Crippen LogP contribution in [0.1, 0.15) is 33.4 Å². The van der Waals surface area contributed by atoms with Gasteiger partial charge in [0.05, 0.1) is 5.69 Å². The average molecular weight is 211 g/mol. The molecular weight excluding hydrogens is 194 g/mol. The lowest BCUT2D eigenvalue weighted by molar-refractivity contribution is 0.0518. The third-order valence-electron chi connectivity index (χ3n) is 1.72. The zero-order valence-electron chi connectivity index (χ0n) is 9.57. The zero-order valence-corrected chi connectivity index (χ0v) is 9.57. The van der Waals surface area contributed by atoms with E-state index < -0.39 is 11.7 Å². The van der Waals surface area contributed by atoms with Gasteiger partial charge in [0, 0.05) is 6.07 Å². The number of aryl methyl sites for hydroxylation is 1. The van der Waals surface area contributed by atoms with Gasteiger partial charge in [-0.1, -0.05) is 6.92 Å². The molecule has 0 amide bonds. The number of rotatable bonds is 1. The summed E-state index contributed by atoms with van der Waals surface area (Å²) in [7, 11) is 0. The molecule has 0 aliphatic carbocycles. The van der Waals surface area contributed by atoms with Crippen LogP contribution in [0.5, 0.6) is 0 Å². The Kier molecular flexibility index (Phi) is 3.02. The molecule has 1 aromatic rings. The summed E-state index contributed by atoms with van der Waals surface area (Å²) in [5.41, 5.74) is 5.87. The minimum Gasteiger partial charge on any atom is -0.442 e. The molecule has 1 heterocycles. The van der Waals surface area contributed by atoms with Gasteiger partial charge in [-0.15, -0.1) is 4.68 Å². The predicted octanol–water partition coefficient (Wildman–Crippen LogP) is 1.81. The van der Waals surface area contributed by atoms with Crippen molar-refractivity contribution in [2.45, 2.75) is 39.7 Å². The number of aromatic nitrogens is 2. The fourth-order valence-corrected chi connectivity index (χ4v) is 1.07. The van der Waals surface area contributed by atoms with Crippen molar-refractivity contribution in [2.75, 3.05) is 5.73 Å². The lowest BCUT2D eigenvalue weighted by atomic mass is 10.2. The van der Waals surface area contributed by atoms with Crippen LogP contribution in [0.25, 0.3) is 0 Å². The van der Waals surface area contributed by atoms with Crippen LogP contribution in [-0.2, 0) is 11.2 Å². The van der Waals surface area contributed by atoms with Crippen molar-refractivity contribution >= 4 is 11.9 Å². The number of hydrogen-bond acceptors (Lipinski definition) is 4. The van der Waals surface area contributed by atoms with Crippen LogP contribution in [0.3, 0.4) is 0 Å². The normalized spacial score (nSPS) is 11.5. The summed E-state index contributed by atoms with van der Waals surface area (Å²) in [5.74, 6) is 0.307. The maximum absolute atomic E-state index is 11.6. The van der Waals surface area contributed by atoms with Crippen LogP contribution < -0.4 is 5.73 Å². The van der Waals surface area contributed by atoms with E-state index in [1.807, 2.05) is 6.92 Å². The van der Waals surface area contributed by atoms with Crippen LogP contribution in [0.4, 0.5) is 10.6 Å². The SMILES string of the molecule is CCc1cc(N)n(C(=O)OC(C)(C)C)n1. The summed E-state index contributed by atoms with van der Waals surface area (Å²) >= 11 is 0. The summed E-state index contributed by atoms with van der Waals surface area (Å²) < 4.78 is 6.23. The molecule has 0 aliphatic heterocycles. The first-order valence-corrected chi connectivity index (χ1v) is 4.91. The Labute approximate surface area is 89.2 Å². The average Bonchev–Trinajstić information content (AvgIpc) is 2.43. The third-order valence-corrected chi connectivity index (χ3v) is 1.72. The maximum atomic E-state index is 11.6. The van der Waals surface area contributed by atoms with Gasteiger partial charge in [-0.05, 0) is 27.2 Å². The van der Waals surface area contributed by atoms with Gasteiger partial charge in [0.2, 0.25) is 0 Å². The minimum absolute atomic E-state index is 0.307. The van der Waals surface area contributed by atoms with Crippen LogP contribution in [-0.4, -0.2) is 21.5 Å². The highest BCUT2D eigenvalue weighted by Crippen LogP contribution is 2.12. The standard InChI is InChI=1S/C10H17N3O2/c1-5-7-6-8(11)13(12-7)9(14)15-10(2,3)4/h6H,5,11H2,1-4H3. The molecule has 0 saturated carbocycles. The molecule has 84 valence electrons. The van der Waals surface area contributed by atoms with Crippen molar-refractivity contribution in [2.24, 2.45) is 0 Å². The lowest BCUT2D eigenvalue weighted by Crippen LogP contribution is -2.28. The monoisotopic (exact) mass is 211 g/mol. The largest absolute Gasteiger partial charge is 0.442 e. The van der Waals surface area contributed by atoms with Gasteiger partial charge >= 0.3 is 6.09 Å². The van der Waals surface area contributed by atoms with Crippen LogP contribution in [0, 0.1) is 0 Å². The highest BCUT2D eigenvalue weighted by atomic mass is 16.6. The van der Waals surface area contributed by atoms with E-state index in [1.165, 1.54) is 0 Å². The van der Waals surface area contributed by atoms with Crippen molar-refractivity contribution in [3.63, 3.8) is 0 Å². The van der Waals surface area contributed by atoms with Crippen molar-refractivity contribution < 1.29 is 9.53 Å². The van der Waals surface area contributed by atoms with E-state index in [2.05, 4.69) is 5.10 Å². The van der Waals surface area contributed by atoms with Gasteiger partial charge in [0.15, 0.2) is 0 Å². The Bertz CT molecular complexity index is 363. The first-order chi connectivity index (χ1) is 6.83. The summed E-state index contributed by atoms with van der Waals surface area (Å²) in [4.78, 5) is 11.6. The molecule has 0 fully saturated rings. The summed E-state index contributed by atoms with van der Waals surface area (Å²) in [6.45, 7) is 7.34. The number of ether oxygens (including phenoxy) is 1. The molecule has 0 radical (unpaired) electrons. The van der Waals surface area contributed by atoms with Crippen LogP contribution in [0.15, 0.2) is 6.07 Å². The van der Waals surface area contributed by atoms with E-state index >= 15 is 0 Å². The Morgan fingerprint density at radius 2 is 2.20 bits per heavy atom. The fourth-order valence-electron chi connectivity index (χ4n) is 1.07. The second-order valence-corrected chi connectivity index (χ2v) is 4.31. The molecular formula is C10H17N3O2. The Hall–Kier alpha value is -1.52. The molecule has 0 aromatic carbocycles. The maximum Gasteiger partial charge on any atom is 0.437 e. The van der Waals surface area contributed by atoms with E-state index in [4.69, 9.17) is 10.5 Å². The Morgan fingerprint density at radius 3 is 2.60 bits per heavy atom. The van der Waals surface area contributed by atoms with E-state index in [-0.39, 0.29) is 0 Å². The highest BCUT2D eigenvalue weighted by molar-refractivity contribution is 5.73. The number of nitrogens with two attached hydrogens (primary N) is 1. The fraction of sp³-hybridized carbons (Fsp3) is 0.600. The van der Waals surface area contributed by atoms with E-state index in [9.17, 15) is 4.79 Å². The number of nitrogen functional groups attached to an aromatic ring is 1. The Morgan fingerprint density at radius 1 is 1.60 bits per heavy atom. The molecule has 0 saturated heterocycles.